The third-order valence-corrected chi connectivity index (χ3v) is 10.4. The summed E-state index contributed by atoms with van der Waals surface area (Å²) in [6, 6.07) is 60.1. The van der Waals surface area contributed by atoms with Crippen LogP contribution in [0.2, 0.25) is 0 Å². The minimum Gasteiger partial charge on any atom is -0.309 e. The van der Waals surface area contributed by atoms with E-state index in [-0.39, 0.29) is 0 Å². The van der Waals surface area contributed by atoms with Gasteiger partial charge in [0, 0.05) is 32.9 Å². The van der Waals surface area contributed by atoms with Gasteiger partial charge in [-0.15, -0.1) is 0 Å². The second-order valence-electron chi connectivity index (χ2n) is 13.3. The number of hydrogen-bond donors (Lipinski definition) is 0. The van der Waals surface area contributed by atoms with E-state index in [2.05, 4.69) is 191 Å². The first kappa shape index (κ1) is 28.6. The van der Waals surface area contributed by atoms with Gasteiger partial charge in [0.25, 0.3) is 0 Å². The lowest BCUT2D eigenvalue weighted by Crippen LogP contribution is -1.95. The molecule has 7 aromatic carbocycles. The first-order valence-corrected chi connectivity index (χ1v) is 17.5. The normalized spacial score (nSPS) is 13.1. The van der Waals surface area contributed by atoms with Crippen molar-refractivity contribution in [1.29, 1.82) is 0 Å². The Kier molecular flexibility index (Phi) is 6.67. The van der Waals surface area contributed by atoms with E-state index in [0.717, 1.165) is 18.5 Å². The molecule has 1 aliphatic rings. The van der Waals surface area contributed by atoms with Crippen LogP contribution >= 0.6 is 0 Å². The van der Waals surface area contributed by atoms with Crippen molar-refractivity contribution in [3.05, 3.63) is 188 Å². The lowest BCUT2D eigenvalue weighted by Gasteiger charge is -2.13. The van der Waals surface area contributed by atoms with Gasteiger partial charge >= 0.3 is 0 Å². The summed E-state index contributed by atoms with van der Waals surface area (Å²) in [5.74, 6) is 0. The summed E-state index contributed by atoms with van der Waals surface area (Å²) in [6.45, 7) is 0. The molecule has 1 aliphatic carbocycles. The molecule has 0 amide bonds. The maximum atomic E-state index is 2.43. The molecular formula is C48H34N2. The fourth-order valence-corrected chi connectivity index (χ4v) is 7.96. The molecule has 2 nitrogen and oxygen atoms in total. The Morgan fingerprint density at radius 3 is 1.36 bits per heavy atom. The van der Waals surface area contributed by atoms with Crippen molar-refractivity contribution in [2.45, 2.75) is 12.8 Å². The van der Waals surface area contributed by atoms with E-state index in [1.54, 1.807) is 0 Å². The van der Waals surface area contributed by atoms with Crippen molar-refractivity contribution in [3.8, 4) is 33.6 Å². The first-order chi connectivity index (χ1) is 24.8. The third kappa shape index (κ3) is 4.64. The van der Waals surface area contributed by atoms with Crippen LogP contribution in [0.4, 0.5) is 0 Å². The highest BCUT2D eigenvalue weighted by atomic mass is 15.0. The Hall–Kier alpha value is -6.38. The molecule has 0 bridgehead atoms. The Labute approximate surface area is 291 Å². The summed E-state index contributed by atoms with van der Waals surface area (Å²) >= 11 is 0. The Bertz CT molecular complexity index is 2770. The van der Waals surface area contributed by atoms with Gasteiger partial charge in [-0.3, -0.25) is 0 Å². The molecule has 9 aromatic rings. The van der Waals surface area contributed by atoms with Gasteiger partial charge in [0.15, 0.2) is 0 Å². The van der Waals surface area contributed by atoms with E-state index in [1.807, 2.05) is 0 Å². The number of allylic oxidation sites excluding steroid dienone is 4. The van der Waals surface area contributed by atoms with Crippen molar-refractivity contribution in [1.82, 2.24) is 9.13 Å². The highest BCUT2D eigenvalue weighted by Crippen LogP contribution is 2.38. The highest BCUT2D eigenvalue weighted by Gasteiger charge is 2.16. The Morgan fingerprint density at radius 1 is 0.360 bits per heavy atom. The van der Waals surface area contributed by atoms with Crippen LogP contribution in [0, 0.1) is 0 Å². The second-order valence-corrected chi connectivity index (χ2v) is 13.3. The van der Waals surface area contributed by atoms with Crippen molar-refractivity contribution in [2.75, 3.05) is 0 Å². The maximum absolute atomic E-state index is 2.43. The molecule has 2 aromatic heterocycles. The molecule has 2 heterocycles. The smallest absolute Gasteiger partial charge is 0.0547 e. The van der Waals surface area contributed by atoms with Crippen LogP contribution < -0.4 is 0 Å². The number of fused-ring (bicyclic) bond motifs is 6. The van der Waals surface area contributed by atoms with Crippen molar-refractivity contribution in [3.63, 3.8) is 0 Å². The molecule has 0 aliphatic heterocycles. The quantitative estimate of drug-likeness (QED) is 0.178. The standard InChI is InChI=1S/C48H34N2/c1-3-11-33(12-4-1)35-19-25-39(26-20-35)49-45-17-9-7-15-41(45)43-29-23-37(31-47(43)49)38-24-30-44-42-16-8-10-18-46(42)50(48(44)32-38)40-27-21-36(22-28-40)34-13-5-2-6-14-34/h1-5,7-13,15-32H,6,14H2. The fourth-order valence-electron chi connectivity index (χ4n) is 7.96. The minimum atomic E-state index is 1.09. The molecular weight excluding hydrogens is 605 g/mol. The molecule has 10 rings (SSSR count). The van der Waals surface area contributed by atoms with Crippen molar-refractivity contribution in [2.24, 2.45) is 0 Å². The average Bonchev–Trinajstić information content (AvgIpc) is 3.71. The molecule has 0 radical (unpaired) electrons. The maximum Gasteiger partial charge on any atom is 0.0547 e. The number of hydrogen-bond acceptors (Lipinski definition) is 0. The van der Waals surface area contributed by atoms with Gasteiger partial charge in [-0.1, -0.05) is 133 Å². The van der Waals surface area contributed by atoms with Gasteiger partial charge in [-0.2, -0.15) is 0 Å². The molecule has 0 fully saturated rings. The van der Waals surface area contributed by atoms with Gasteiger partial charge in [0.05, 0.1) is 22.1 Å². The molecule has 0 atom stereocenters. The molecule has 2 heteroatoms. The monoisotopic (exact) mass is 638 g/mol. The molecule has 0 saturated carbocycles. The lowest BCUT2D eigenvalue weighted by molar-refractivity contribution is 1.05. The van der Waals surface area contributed by atoms with Crippen LogP contribution in [-0.4, -0.2) is 9.13 Å². The number of para-hydroxylation sites is 2. The number of benzene rings is 7. The van der Waals surface area contributed by atoms with Crippen LogP contribution in [0.25, 0.3) is 82.8 Å². The van der Waals surface area contributed by atoms with E-state index in [1.165, 1.54) is 82.7 Å². The zero-order valence-corrected chi connectivity index (χ0v) is 27.6. The predicted octanol–water partition coefficient (Wildman–Crippen LogP) is 12.9. The zero-order chi connectivity index (χ0) is 33.0. The van der Waals surface area contributed by atoms with E-state index < -0.39 is 0 Å². The Morgan fingerprint density at radius 2 is 0.820 bits per heavy atom. The van der Waals surface area contributed by atoms with Crippen LogP contribution in [0.1, 0.15) is 18.4 Å². The SMILES string of the molecule is C1=CCCC(c2ccc(-n3c4ccccc4c4ccc(-c5ccc6c7ccccc7n(-c7ccc(-c8ccccc8)cc7)c6c5)cc43)cc2)=C1. The van der Waals surface area contributed by atoms with Gasteiger partial charge in [0.1, 0.15) is 0 Å². The van der Waals surface area contributed by atoms with E-state index >= 15 is 0 Å². The highest BCUT2D eigenvalue weighted by molar-refractivity contribution is 6.12. The number of aromatic nitrogens is 2. The van der Waals surface area contributed by atoms with Gasteiger partial charge in [0.2, 0.25) is 0 Å². The molecule has 0 spiro atoms. The predicted molar refractivity (Wildman–Crippen MR) is 212 cm³/mol. The molecule has 0 saturated heterocycles. The van der Waals surface area contributed by atoms with Gasteiger partial charge in [-0.05, 0) is 94.8 Å². The van der Waals surface area contributed by atoms with Crippen molar-refractivity contribution >= 4 is 49.2 Å². The summed E-state index contributed by atoms with van der Waals surface area (Å²) in [5, 5.41) is 5.06. The minimum absolute atomic E-state index is 1.09. The largest absolute Gasteiger partial charge is 0.309 e. The van der Waals surface area contributed by atoms with Crippen molar-refractivity contribution < 1.29 is 0 Å². The third-order valence-electron chi connectivity index (χ3n) is 10.4. The molecule has 0 unspecified atom stereocenters. The van der Waals surface area contributed by atoms with E-state index in [0.29, 0.717) is 0 Å². The summed E-state index contributed by atoms with van der Waals surface area (Å²) in [5.41, 5.74) is 14.8. The van der Waals surface area contributed by atoms with Gasteiger partial charge < -0.3 is 9.13 Å². The van der Waals surface area contributed by atoms with Crippen LogP contribution in [0.15, 0.2) is 182 Å². The zero-order valence-electron chi connectivity index (χ0n) is 27.6. The topological polar surface area (TPSA) is 9.86 Å². The van der Waals surface area contributed by atoms with Gasteiger partial charge in [-0.25, -0.2) is 0 Å². The first-order valence-electron chi connectivity index (χ1n) is 17.5. The van der Waals surface area contributed by atoms with Crippen LogP contribution in [0.3, 0.4) is 0 Å². The Balaban J connectivity index is 1.12. The summed E-state index contributed by atoms with van der Waals surface area (Å²) in [4.78, 5) is 0. The average molecular weight is 639 g/mol. The lowest BCUT2D eigenvalue weighted by atomic mass is 9.97. The number of rotatable bonds is 5. The number of nitrogens with zero attached hydrogens (tertiary/aromatic N) is 2. The van der Waals surface area contributed by atoms with Crippen LogP contribution in [0.5, 0.6) is 0 Å². The molecule has 0 N–H and O–H groups in total. The fraction of sp³-hybridized carbons (Fsp3) is 0.0417. The van der Waals surface area contributed by atoms with E-state index in [4.69, 9.17) is 0 Å². The van der Waals surface area contributed by atoms with E-state index in [9.17, 15) is 0 Å². The van der Waals surface area contributed by atoms with Crippen LogP contribution in [-0.2, 0) is 0 Å². The molecule has 236 valence electrons. The second kappa shape index (κ2) is 11.6. The summed E-state index contributed by atoms with van der Waals surface area (Å²) < 4.78 is 4.84. The summed E-state index contributed by atoms with van der Waals surface area (Å²) in [6.07, 6.45) is 8.88. The summed E-state index contributed by atoms with van der Waals surface area (Å²) in [7, 11) is 0. The molecule has 50 heavy (non-hydrogen) atoms.